The zero-order valence-corrected chi connectivity index (χ0v) is 38.1. The molecule has 0 fully saturated rings. The van der Waals surface area contributed by atoms with E-state index in [4.69, 9.17) is 18.5 Å². The summed E-state index contributed by atoms with van der Waals surface area (Å²) < 4.78 is 35.0. The fourth-order valence-corrected chi connectivity index (χ4v) is 7.41. The maximum atomic E-state index is 12.7. The quantitative estimate of drug-likeness (QED) is 0.0216. The van der Waals surface area contributed by atoms with E-state index in [1.807, 2.05) is 21.1 Å². The molecule has 0 aromatic rings. The molecule has 0 aliphatic heterocycles. The van der Waals surface area contributed by atoms with Crippen LogP contribution in [-0.2, 0) is 27.9 Å². The highest BCUT2D eigenvalue weighted by atomic mass is 31.2. The number of phosphoric ester groups is 1. The van der Waals surface area contributed by atoms with Crippen LogP contribution < -0.4 is 0 Å². The maximum absolute atomic E-state index is 12.7. The van der Waals surface area contributed by atoms with Gasteiger partial charge in [0.25, 0.3) is 0 Å². The zero-order valence-electron chi connectivity index (χ0n) is 37.2. The van der Waals surface area contributed by atoms with Gasteiger partial charge in [-0.1, -0.05) is 187 Å². The molecular formula is C46H93NO7P+. The highest BCUT2D eigenvalue weighted by Crippen LogP contribution is 2.43. The summed E-state index contributed by atoms with van der Waals surface area (Å²) in [4.78, 5) is 22.9. The first-order valence-electron chi connectivity index (χ1n) is 23.4. The molecule has 328 valence electrons. The number of unbranched alkanes of at least 4 members (excludes halogenated alkanes) is 28. The smallest absolute Gasteiger partial charge is 0.457 e. The molecule has 0 aliphatic carbocycles. The minimum absolute atomic E-state index is 0.0915. The van der Waals surface area contributed by atoms with Crippen LogP contribution in [0.15, 0.2) is 12.2 Å². The van der Waals surface area contributed by atoms with Gasteiger partial charge >= 0.3 is 13.8 Å². The van der Waals surface area contributed by atoms with Crippen molar-refractivity contribution in [1.82, 2.24) is 0 Å². The van der Waals surface area contributed by atoms with E-state index in [2.05, 4.69) is 26.0 Å². The van der Waals surface area contributed by atoms with Gasteiger partial charge in [-0.2, -0.15) is 0 Å². The molecule has 9 heteroatoms. The summed E-state index contributed by atoms with van der Waals surface area (Å²) in [5, 5.41) is 0. The van der Waals surface area contributed by atoms with Gasteiger partial charge in [0.2, 0.25) is 0 Å². The number of esters is 1. The van der Waals surface area contributed by atoms with E-state index in [0.29, 0.717) is 24.1 Å². The predicted molar refractivity (Wildman–Crippen MR) is 234 cm³/mol. The van der Waals surface area contributed by atoms with Gasteiger partial charge in [0.05, 0.1) is 34.4 Å². The third kappa shape index (κ3) is 44.2. The predicted octanol–water partition coefficient (Wildman–Crippen LogP) is 13.8. The molecule has 0 heterocycles. The number of carbonyl (C=O) groups is 1. The highest BCUT2D eigenvalue weighted by molar-refractivity contribution is 7.47. The molecule has 0 spiro atoms. The van der Waals surface area contributed by atoms with Crippen LogP contribution in [0.4, 0.5) is 0 Å². The Bertz CT molecular complexity index is 894. The third-order valence-electron chi connectivity index (χ3n) is 10.3. The van der Waals surface area contributed by atoms with Crippen molar-refractivity contribution in [2.24, 2.45) is 0 Å². The van der Waals surface area contributed by atoms with Gasteiger partial charge < -0.3 is 18.9 Å². The normalized spacial score (nSPS) is 13.8. The molecule has 1 N–H and O–H groups in total. The van der Waals surface area contributed by atoms with E-state index in [9.17, 15) is 14.3 Å². The van der Waals surface area contributed by atoms with E-state index in [1.54, 1.807) is 0 Å². The van der Waals surface area contributed by atoms with Crippen molar-refractivity contribution in [3.05, 3.63) is 12.2 Å². The van der Waals surface area contributed by atoms with E-state index in [1.165, 1.54) is 167 Å². The lowest BCUT2D eigenvalue weighted by atomic mass is 10.1. The van der Waals surface area contributed by atoms with Gasteiger partial charge in [0.1, 0.15) is 19.3 Å². The minimum Gasteiger partial charge on any atom is -0.457 e. The second-order valence-corrected chi connectivity index (χ2v) is 18.6. The van der Waals surface area contributed by atoms with Gasteiger partial charge in [0, 0.05) is 13.0 Å². The van der Waals surface area contributed by atoms with Gasteiger partial charge in [-0.25, -0.2) is 4.57 Å². The van der Waals surface area contributed by atoms with Crippen LogP contribution in [-0.4, -0.2) is 75.6 Å². The first-order chi connectivity index (χ1) is 26.6. The van der Waals surface area contributed by atoms with E-state index in [0.717, 1.165) is 32.1 Å². The number of hydrogen-bond acceptors (Lipinski definition) is 6. The first kappa shape index (κ1) is 54.2. The Labute approximate surface area is 341 Å². The molecule has 0 bridgehead atoms. The number of hydrogen-bond donors (Lipinski definition) is 1. The third-order valence-corrected chi connectivity index (χ3v) is 11.3. The average molecular weight is 803 g/mol. The van der Waals surface area contributed by atoms with Gasteiger partial charge in [-0.3, -0.25) is 13.8 Å². The van der Waals surface area contributed by atoms with Crippen molar-refractivity contribution in [1.29, 1.82) is 0 Å². The molecule has 0 aromatic heterocycles. The fraction of sp³-hybridized carbons (Fsp3) is 0.935. The van der Waals surface area contributed by atoms with Crippen LogP contribution >= 0.6 is 7.82 Å². The van der Waals surface area contributed by atoms with Crippen molar-refractivity contribution in [3.8, 4) is 0 Å². The Hall–Kier alpha value is -0.760. The molecule has 2 unspecified atom stereocenters. The number of ether oxygens (including phenoxy) is 2. The van der Waals surface area contributed by atoms with Crippen LogP contribution in [0.1, 0.15) is 219 Å². The summed E-state index contributed by atoms with van der Waals surface area (Å²) in [6, 6.07) is 0. The first-order valence-corrected chi connectivity index (χ1v) is 24.9. The zero-order chi connectivity index (χ0) is 40.6. The summed E-state index contributed by atoms with van der Waals surface area (Å²) in [6.45, 7) is 5.66. The minimum atomic E-state index is -4.27. The van der Waals surface area contributed by atoms with Crippen molar-refractivity contribution >= 4 is 13.8 Å². The molecule has 0 aliphatic rings. The summed E-state index contributed by atoms with van der Waals surface area (Å²) in [5.41, 5.74) is 0. The standard InChI is InChI=1S/C46H92NO7P/c1-6-8-10-12-14-16-18-20-21-22-23-24-25-26-27-28-29-31-33-35-37-39-46(48)54-45(44-53-55(49,50)52-42-40-47(3,4)5)43-51-41-38-36-34-32-30-19-17-15-13-11-9-7-2/h22-23,45H,6-21,24-44H2,1-5H3/p+1/b23-22-. The Balaban J connectivity index is 4.12. The molecule has 55 heavy (non-hydrogen) atoms. The number of carbonyl (C=O) groups excluding carboxylic acids is 1. The molecule has 0 amide bonds. The van der Waals surface area contributed by atoms with Crippen molar-refractivity contribution in [2.45, 2.75) is 225 Å². The van der Waals surface area contributed by atoms with Gasteiger partial charge in [-0.15, -0.1) is 0 Å². The number of likely N-dealkylation sites (N-methyl/N-ethyl adjacent to an activating group) is 1. The largest absolute Gasteiger partial charge is 0.472 e. The lowest BCUT2D eigenvalue weighted by molar-refractivity contribution is -0.870. The Morgan fingerprint density at radius 3 is 1.38 bits per heavy atom. The van der Waals surface area contributed by atoms with E-state index >= 15 is 0 Å². The van der Waals surface area contributed by atoms with Crippen molar-refractivity contribution in [3.63, 3.8) is 0 Å². The number of allylic oxidation sites excluding steroid dienone is 2. The monoisotopic (exact) mass is 803 g/mol. The van der Waals surface area contributed by atoms with Crippen molar-refractivity contribution < 1.29 is 37.3 Å². The number of quaternary nitrogens is 1. The lowest BCUT2D eigenvalue weighted by Crippen LogP contribution is -2.37. The summed E-state index contributed by atoms with van der Waals surface area (Å²) in [5.74, 6) is -0.312. The van der Waals surface area contributed by atoms with Crippen LogP contribution in [0.3, 0.4) is 0 Å². The molecule has 0 saturated carbocycles. The number of nitrogens with zero attached hydrogens (tertiary/aromatic N) is 1. The van der Waals surface area contributed by atoms with Crippen LogP contribution in [0.5, 0.6) is 0 Å². The molecule has 0 saturated heterocycles. The van der Waals surface area contributed by atoms with E-state index < -0.39 is 13.9 Å². The van der Waals surface area contributed by atoms with Crippen LogP contribution in [0.25, 0.3) is 0 Å². The maximum Gasteiger partial charge on any atom is 0.472 e. The van der Waals surface area contributed by atoms with Gasteiger partial charge in [0.15, 0.2) is 0 Å². The highest BCUT2D eigenvalue weighted by Gasteiger charge is 2.26. The molecule has 0 rings (SSSR count). The van der Waals surface area contributed by atoms with Crippen molar-refractivity contribution in [2.75, 3.05) is 54.1 Å². The topological polar surface area (TPSA) is 91.3 Å². The number of rotatable bonds is 44. The summed E-state index contributed by atoms with van der Waals surface area (Å²) >= 11 is 0. The van der Waals surface area contributed by atoms with Gasteiger partial charge in [-0.05, 0) is 38.5 Å². The Kier molecular flexibility index (Phi) is 39.5. The summed E-state index contributed by atoms with van der Waals surface area (Å²) in [7, 11) is 1.68. The summed E-state index contributed by atoms with van der Waals surface area (Å²) in [6.07, 6.45) is 43.9. The molecule has 0 radical (unpaired) electrons. The number of phosphoric acid groups is 1. The fourth-order valence-electron chi connectivity index (χ4n) is 6.67. The molecule has 8 nitrogen and oxygen atoms in total. The molecule has 0 aromatic carbocycles. The Morgan fingerprint density at radius 1 is 0.545 bits per heavy atom. The molecule has 2 atom stereocenters. The van der Waals surface area contributed by atoms with E-state index in [-0.39, 0.29) is 25.8 Å². The average Bonchev–Trinajstić information content (AvgIpc) is 3.13. The van der Waals surface area contributed by atoms with Crippen LogP contribution in [0, 0.1) is 0 Å². The Morgan fingerprint density at radius 2 is 0.945 bits per heavy atom. The lowest BCUT2D eigenvalue weighted by Gasteiger charge is -2.24. The molecular weight excluding hydrogens is 709 g/mol. The van der Waals surface area contributed by atoms with Crippen LogP contribution in [0.2, 0.25) is 0 Å². The second kappa shape index (κ2) is 40.0. The SMILES string of the molecule is CCCCCCCCCC/C=C\CCCCCCCCCCCC(=O)OC(COCCCCCCCCCCCCCC)COP(=O)(O)OCC[N+](C)(C)C. The second-order valence-electron chi connectivity index (χ2n) is 17.1.